The summed E-state index contributed by atoms with van der Waals surface area (Å²) in [6, 6.07) is 1.27. The Kier molecular flexibility index (Phi) is 3.18. The third-order valence-corrected chi connectivity index (χ3v) is 2.78. The summed E-state index contributed by atoms with van der Waals surface area (Å²) in [5.74, 6) is 0. The van der Waals surface area contributed by atoms with Crippen molar-refractivity contribution in [1.29, 1.82) is 0 Å². The van der Waals surface area contributed by atoms with Crippen LogP contribution in [0.3, 0.4) is 0 Å². The minimum atomic E-state index is 0.362. The molecule has 0 aliphatic carbocycles. The van der Waals surface area contributed by atoms with E-state index in [1.807, 2.05) is 0 Å². The monoisotopic (exact) mass is 181 g/mol. The van der Waals surface area contributed by atoms with Crippen LogP contribution in [0.2, 0.25) is 0 Å². The zero-order valence-corrected chi connectivity index (χ0v) is 9.67. The Balaban J connectivity index is 2.78. The lowest BCUT2D eigenvalue weighted by atomic mass is 9.83. The van der Waals surface area contributed by atoms with E-state index < -0.39 is 0 Å². The second-order valence-electron chi connectivity index (χ2n) is 5.36. The van der Waals surface area contributed by atoms with Crippen LogP contribution in [0.1, 0.15) is 41.0 Å². The van der Waals surface area contributed by atoms with Crippen molar-refractivity contribution < 1.29 is 0 Å². The maximum absolute atomic E-state index is 2.60. The molecule has 0 N–H and O–H groups in total. The Bertz CT molecular complexity index is 186. The second kappa shape index (κ2) is 3.83. The molecule has 0 aromatic heterocycles. The first-order chi connectivity index (χ1) is 5.93. The van der Waals surface area contributed by atoms with Crippen LogP contribution in [0.25, 0.3) is 0 Å². The lowest BCUT2D eigenvalue weighted by Gasteiger charge is -2.42. The van der Waals surface area contributed by atoms with Crippen LogP contribution in [0.4, 0.5) is 0 Å². The molecule has 0 aromatic rings. The van der Waals surface area contributed by atoms with Gasteiger partial charge in [0.25, 0.3) is 0 Å². The average molecular weight is 181 g/mol. The van der Waals surface area contributed by atoms with Crippen molar-refractivity contribution in [3.63, 3.8) is 0 Å². The molecule has 1 aliphatic heterocycles. The average Bonchev–Trinajstić information content (AvgIpc) is 2.03. The maximum atomic E-state index is 2.60. The van der Waals surface area contributed by atoms with Crippen molar-refractivity contribution in [1.82, 2.24) is 4.90 Å². The summed E-state index contributed by atoms with van der Waals surface area (Å²) in [6.45, 7) is 12.8. The predicted octanol–water partition coefficient (Wildman–Crippen LogP) is 3.07. The van der Waals surface area contributed by atoms with E-state index in [9.17, 15) is 0 Å². The van der Waals surface area contributed by atoms with Gasteiger partial charge in [0, 0.05) is 18.6 Å². The largest absolute Gasteiger partial charge is 0.294 e. The molecular weight excluding hydrogens is 158 g/mol. The molecule has 1 rings (SSSR count). The standard InChI is InChI=1S/C12H23N/c1-10(2)13-9-7-6-8-11(13)12(3,4)5/h6,8,10-11H,7,9H2,1-5H3/t11-/m0/s1. The fourth-order valence-corrected chi connectivity index (χ4v) is 2.06. The predicted molar refractivity (Wildman–Crippen MR) is 58.8 cm³/mol. The van der Waals surface area contributed by atoms with Crippen LogP contribution in [0.5, 0.6) is 0 Å². The maximum Gasteiger partial charge on any atom is 0.0329 e. The SMILES string of the molecule is CC(C)N1CCC=C[C@H]1C(C)(C)C. The van der Waals surface area contributed by atoms with Gasteiger partial charge >= 0.3 is 0 Å². The Morgan fingerprint density at radius 1 is 1.31 bits per heavy atom. The zero-order valence-electron chi connectivity index (χ0n) is 9.67. The second-order valence-corrected chi connectivity index (χ2v) is 5.36. The van der Waals surface area contributed by atoms with Crippen LogP contribution in [0.15, 0.2) is 12.2 Å². The van der Waals surface area contributed by atoms with Gasteiger partial charge in [0.2, 0.25) is 0 Å². The molecule has 0 radical (unpaired) electrons. The Morgan fingerprint density at radius 3 is 2.31 bits per heavy atom. The normalized spacial score (nSPS) is 25.5. The summed E-state index contributed by atoms with van der Waals surface area (Å²) >= 11 is 0. The van der Waals surface area contributed by atoms with Gasteiger partial charge in [-0.25, -0.2) is 0 Å². The van der Waals surface area contributed by atoms with E-state index in [-0.39, 0.29) is 0 Å². The van der Waals surface area contributed by atoms with E-state index in [1.165, 1.54) is 13.0 Å². The highest BCUT2D eigenvalue weighted by molar-refractivity contribution is 5.05. The van der Waals surface area contributed by atoms with Gasteiger partial charge in [0.05, 0.1) is 0 Å². The molecule has 0 saturated carbocycles. The molecule has 1 heterocycles. The lowest BCUT2D eigenvalue weighted by Crippen LogP contribution is -2.48. The smallest absolute Gasteiger partial charge is 0.0329 e. The molecule has 13 heavy (non-hydrogen) atoms. The molecule has 1 nitrogen and oxygen atoms in total. The molecule has 1 heteroatoms. The Morgan fingerprint density at radius 2 is 1.92 bits per heavy atom. The van der Waals surface area contributed by atoms with Crippen LogP contribution in [-0.4, -0.2) is 23.5 Å². The highest BCUT2D eigenvalue weighted by Gasteiger charge is 2.30. The van der Waals surface area contributed by atoms with Gasteiger partial charge in [-0.2, -0.15) is 0 Å². The quantitative estimate of drug-likeness (QED) is 0.562. The van der Waals surface area contributed by atoms with Gasteiger partial charge in [0.15, 0.2) is 0 Å². The molecule has 0 amide bonds. The fourth-order valence-electron chi connectivity index (χ4n) is 2.06. The molecule has 0 spiro atoms. The minimum Gasteiger partial charge on any atom is -0.294 e. The van der Waals surface area contributed by atoms with E-state index in [0.717, 1.165) is 0 Å². The highest BCUT2D eigenvalue weighted by Crippen LogP contribution is 2.29. The summed E-state index contributed by atoms with van der Waals surface area (Å²) in [4.78, 5) is 2.60. The third kappa shape index (κ3) is 2.57. The van der Waals surface area contributed by atoms with Gasteiger partial charge < -0.3 is 0 Å². The molecule has 0 aromatic carbocycles. The number of hydrogen-bond acceptors (Lipinski definition) is 1. The van der Waals surface area contributed by atoms with E-state index in [1.54, 1.807) is 0 Å². The Labute approximate surface area is 82.8 Å². The van der Waals surface area contributed by atoms with Crippen molar-refractivity contribution in [2.75, 3.05) is 6.54 Å². The first-order valence-electron chi connectivity index (χ1n) is 5.35. The lowest BCUT2D eigenvalue weighted by molar-refractivity contribution is 0.0977. The molecule has 1 aliphatic rings. The number of hydrogen-bond donors (Lipinski definition) is 0. The summed E-state index contributed by atoms with van der Waals surface area (Å²) in [7, 11) is 0. The zero-order chi connectivity index (χ0) is 10.1. The number of rotatable bonds is 1. The van der Waals surface area contributed by atoms with Crippen LogP contribution >= 0.6 is 0 Å². The van der Waals surface area contributed by atoms with Gasteiger partial charge in [-0.15, -0.1) is 0 Å². The first kappa shape index (κ1) is 10.8. The van der Waals surface area contributed by atoms with Crippen LogP contribution in [0, 0.1) is 5.41 Å². The van der Waals surface area contributed by atoms with Crippen LogP contribution < -0.4 is 0 Å². The van der Waals surface area contributed by atoms with Crippen molar-refractivity contribution in [2.24, 2.45) is 5.41 Å². The van der Waals surface area contributed by atoms with E-state index in [4.69, 9.17) is 0 Å². The van der Waals surface area contributed by atoms with Crippen molar-refractivity contribution in [3.8, 4) is 0 Å². The molecule has 0 saturated heterocycles. The molecule has 1 atom stereocenters. The van der Waals surface area contributed by atoms with Crippen molar-refractivity contribution >= 4 is 0 Å². The number of nitrogens with zero attached hydrogens (tertiary/aromatic N) is 1. The molecule has 0 unspecified atom stereocenters. The fraction of sp³-hybridized carbons (Fsp3) is 0.833. The van der Waals surface area contributed by atoms with Gasteiger partial charge in [-0.1, -0.05) is 32.9 Å². The molecule has 76 valence electrons. The van der Waals surface area contributed by atoms with Gasteiger partial charge in [-0.3, -0.25) is 4.90 Å². The van der Waals surface area contributed by atoms with Gasteiger partial charge in [-0.05, 0) is 25.7 Å². The van der Waals surface area contributed by atoms with Crippen molar-refractivity contribution in [2.45, 2.75) is 53.1 Å². The summed E-state index contributed by atoms with van der Waals surface area (Å²) < 4.78 is 0. The van der Waals surface area contributed by atoms with Gasteiger partial charge in [0.1, 0.15) is 0 Å². The summed E-state index contributed by atoms with van der Waals surface area (Å²) in [5, 5.41) is 0. The molecule has 0 fully saturated rings. The van der Waals surface area contributed by atoms with Crippen LogP contribution in [-0.2, 0) is 0 Å². The minimum absolute atomic E-state index is 0.362. The van der Waals surface area contributed by atoms with E-state index in [2.05, 4.69) is 51.7 Å². The van der Waals surface area contributed by atoms with Crippen molar-refractivity contribution in [3.05, 3.63) is 12.2 Å². The molecular formula is C12H23N. The topological polar surface area (TPSA) is 3.24 Å². The Hall–Kier alpha value is -0.300. The third-order valence-electron chi connectivity index (χ3n) is 2.78. The summed E-state index contributed by atoms with van der Waals surface area (Å²) in [6.07, 6.45) is 5.92. The molecule has 0 bridgehead atoms. The van der Waals surface area contributed by atoms with E-state index >= 15 is 0 Å². The highest BCUT2D eigenvalue weighted by atomic mass is 15.2. The first-order valence-corrected chi connectivity index (χ1v) is 5.35. The summed E-state index contributed by atoms with van der Waals surface area (Å²) in [5.41, 5.74) is 0.362. The van der Waals surface area contributed by atoms with E-state index in [0.29, 0.717) is 17.5 Å².